The van der Waals surface area contributed by atoms with Gasteiger partial charge in [-0.3, -0.25) is 9.78 Å². The van der Waals surface area contributed by atoms with Crippen LogP contribution in [-0.4, -0.2) is 21.9 Å². The highest BCUT2D eigenvalue weighted by Crippen LogP contribution is 2.25. The Morgan fingerprint density at radius 2 is 2.15 bits per heavy atom. The van der Waals surface area contributed by atoms with Crippen molar-refractivity contribution in [3.8, 4) is 6.07 Å². The molecule has 8 heteroatoms. The van der Waals surface area contributed by atoms with E-state index in [-0.39, 0.29) is 17.2 Å². The molecule has 136 valence electrons. The van der Waals surface area contributed by atoms with Gasteiger partial charge in [0.2, 0.25) is 5.91 Å². The zero-order valence-electron chi connectivity index (χ0n) is 14.5. The van der Waals surface area contributed by atoms with Gasteiger partial charge in [-0.25, -0.2) is 9.37 Å². The third-order valence-corrected chi connectivity index (χ3v) is 4.02. The summed E-state index contributed by atoms with van der Waals surface area (Å²) in [6, 6.07) is 11.4. The van der Waals surface area contributed by atoms with Crippen LogP contribution >= 0.6 is 0 Å². The van der Waals surface area contributed by atoms with Crippen molar-refractivity contribution in [3.63, 3.8) is 0 Å². The summed E-state index contributed by atoms with van der Waals surface area (Å²) < 4.78 is 14.3. The van der Waals surface area contributed by atoms with Crippen molar-refractivity contribution < 1.29 is 9.18 Å². The fourth-order valence-electron chi connectivity index (χ4n) is 2.60. The summed E-state index contributed by atoms with van der Waals surface area (Å²) in [5.74, 6) is -1.33. The molecule has 0 radical (unpaired) electrons. The Kier molecular flexibility index (Phi) is 5.13. The third-order valence-electron chi connectivity index (χ3n) is 4.02. The number of amides is 1. The number of nitriles is 1. The van der Waals surface area contributed by atoms with E-state index in [0.29, 0.717) is 12.1 Å². The molecule has 27 heavy (non-hydrogen) atoms. The molecule has 1 atom stereocenters. The molecule has 0 bridgehead atoms. The Labute approximate surface area is 155 Å². The Bertz CT molecular complexity index is 1050. The lowest BCUT2D eigenvalue weighted by atomic mass is 10.2. The topological polar surface area (TPSA) is 117 Å². The first-order valence-electron chi connectivity index (χ1n) is 8.30. The van der Waals surface area contributed by atoms with E-state index in [1.165, 1.54) is 0 Å². The Balaban J connectivity index is 1.96. The van der Waals surface area contributed by atoms with Gasteiger partial charge in [0.25, 0.3) is 0 Å². The van der Waals surface area contributed by atoms with Crippen LogP contribution < -0.4 is 16.4 Å². The molecule has 0 aliphatic rings. The summed E-state index contributed by atoms with van der Waals surface area (Å²) in [7, 11) is 0. The maximum Gasteiger partial charge on any atom is 0.239 e. The molecule has 0 fully saturated rings. The highest BCUT2D eigenvalue weighted by atomic mass is 19.1. The van der Waals surface area contributed by atoms with Gasteiger partial charge in [0, 0.05) is 17.3 Å². The van der Waals surface area contributed by atoms with Crippen molar-refractivity contribution in [2.45, 2.75) is 19.4 Å². The van der Waals surface area contributed by atoms with E-state index < -0.39 is 17.8 Å². The molecule has 4 N–H and O–H groups in total. The number of fused-ring (bicyclic) bond motifs is 1. The highest BCUT2D eigenvalue weighted by molar-refractivity contribution is 5.84. The zero-order valence-corrected chi connectivity index (χ0v) is 14.5. The van der Waals surface area contributed by atoms with E-state index in [0.717, 1.165) is 17.0 Å². The summed E-state index contributed by atoms with van der Waals surface area (Å²) in [4.78, 5) is 19.8. The predicted molar refractivity (Wildman–Crippen MR) is 101 cm³/mol. The Morgan fingerprint density at radius 1 is 1.33 bits per heavy atom. The second kappa shape index (κ2) is 7.66. The van der Waals surface area contributed by atoms with Crippen LogP contribution in [-0.2, 0) is 4.79 Å². The van der Waals surface area contributed by atoms with Gasteiger partial charge in [-0.2, -0.15) is 5.26 Å². The van der Waals surface area contributed by atoms with Gasteiger partial charge in [0.05, 0.1) is 11.1 Å². The Hall–Kier alpha value is -3.73. The number of hydrogen-bond acceptors (Lipinski definition) is 6. The van der Waals surface area contributed by atoms with Crippen molar-refractivity contribution in [3.05, 3.63) is 54.0 Å². The second-order valence-corrected chi connectivity index (χ2v) is 5.87. The van der Waals surface area contributed by atoms with Crippen molar-refractivity contribution in [1.29, 1.82) is 5.26 Å². The van der Waals surface area contributed by atoms with Gasteiger partial charge in [0.1, 0.15) is 12.1 Å². The molecule has 3 rings (SSSR count). The molecule has 0 unspecified atom stereocenters. The highest BCUT2D eigenvalue weighted by Gasteiger charge is 2.18. The number of halogens is 1. The van der Waals surface area contributed by atoms with Crippen molar-refractivity contribution in [2.24, 2.45) is 5.73 Å². The number of hydrogen-bond donors (Lipinski definition) is 3. The number of aromatic nitrogens is 2. The molecule has 0 saturated heterocycles. The summed E-state index contributed by atoms with van der Waals surface area (Å²) in [5.41, 5.74) is 6.82. The normalized spacial score (nSPS) is 11.6. The number of carbonyl (C=O) groups is 1. The number of nitrogens with one attached hydrogen (secondary N) is 2. The van der Waals surface area contributed by atoms with Crippen LogP contribution in [0.3, 0.4) is 0 Å². The predicted octanol–water partition coefficient (Wildman–Crippen LogP) is 3.06. The van der Waals surface area contributed by atoms with E-state index in [1.807, 2.05) is 30.3 Å². The molecule has 0 aliphatic heterocycles. The lowest BCUT2D eigenvalue weighted by molar-refractivity contribution is -0.118. The maximum absolute atomic E-state index is 14.3. The SMILES string of the molecule is CC[C@@H](Nc1nc(Nc2ccc3ncccc3c2)c(C#N)cc1F)C(N)=O. The molecule has 2 aromatic heterocycles. The number of benzene rings is 1. The zero-order chi connectivity index (χ0) is 19.4. The minimum atomic E-state index is -0.764. The fourth-order valence-corrected chi connectivity index (χ4v) is 2.60. The first-order valence-corrected chi connectivity index (χ1v) is 8.30. The van der Waals surface area contributed by atoms with Crippen molar-refractivity contribution >= 4 is 34.1 Å². The van der Waals surface area contributed by atoms with Crippen LogP contribution in [0.15, 0.2) is 42.6 Å². The van der Waals surface area contributed by atoms with Gasteiger partial charge < -0.3 is 16.4 Å². The van der Waals surface area contributed by atoms with E-state index in [2.05, 4.69) is 20.6 Å². The van der Waals surface area contributed by atoms with Crippen LogP contribution in [0.4, 0.5) is 21.7 Å². The van der Waals surface area contributed by atoms with Gasteiger partial charge in [-0.05, 0) is 36.8 Å². The molecule has 0 saturated carbocycles. The quantitative estimate of drug-likeness (QED) is 0.619. The van der Waals surface area contributed by atoms with Gasteiger partial charge in [0.15, 0.2) is 17.5 Å². The number of nitrogens with two attached hydrogens (primary N) is 1. The van der Waals surface area contributed by atoms with E-state index in [4.69, 9.17) is 5.73 Å². The number of primary amides is 1. The molecule has 7 nitrogen and oxygen atoms in total. The van der Waals surface area contributed by atoms with E-state index in [1.54, 1.807) is 19.2 Å². The fraction of sp³-hybridized carbons (Fsp3) is 0.158. The first kappa shape index (κ1) is 18.1. The lowest BCUT2D eigenvalue weighted by Gasteiger charge is -2.16. The molecular formula is C19H17FN6O. The molecular weight excluding hydrogens is 347 g/mol. The average Bonchev–Trinajstić information content (AvgIpc) is 2.67. The summed E-state index contributed by atoms with van der Waals surface area (Å²) >= 11 is 0. The van der Waals surface area contributed by atoms with E-state index in [9.17, 15) is 14.4 Å². The standard InChI is InChI=1S/C19H17FN6O/c1-2-15(17(22)27)25-19-14(20)9-12(10-21)18(26-19)24-13-5-6-16-11(8-13)4-3-7-23-16/h3-9,15H,2H2,1H3,(H2,22,27)(H2,24,25,26)/t15-/m1/s1. The van der Waals surface area contributed by atoms with E-state index >= 15 is 0 Å². The van der Waals surface area contributed by atoms with Crippen LogP contribution in [0, 0.1) is 17.1 Å². The summed E-state index contributed by atoms with van der Waals surface area (Å²) in [6.45, 7) is 1.74. The van der Waals surface area contributed by atoms with Crippen molar-refractivity contribution in [1.82, 2.24) is 9.97 Å². The molecule has 1 amide bonds. The Morgan fingerprint density at radius 3 is 2.85 bits per heavy atom. The van der Waals surface area contributed by atoms with Crippen molar-refractivity contribution in [2.75, 3.05) is 10.6 Å². The van der Waals surface area contributed by atoms with Gasteiger partial charge in [-0.15, -0.1) is 0 Å². The number of pyridine rings is 2. The lowest BCUT2D eigenvalue weighted by Crippen LogP contribution is -2.35. The third kappa shape index (κ3) is 3.93. The van der Waals surface area contributed by atoms with Gasteiger partial charge >= 0.3 is 0 Å². The monoisotopic (exact) mass is 364 g/mol. The first-order chi connectivity index (χ1) is 13.0. The summed E-state index contributed by atoms with van der Waals surface area (Å²) in [6.07, 6.45) is 2.07. The second-order valence-electron chi connectivity index (χ2n) is 5.87. The maximum atomic E-state index is 14.3. The number of anilines is 3. The van der Waals surface area contributed by atoms with Crippen LogP contribution in [0.25, 0.3) is 10.9 Å². The van der Waals surface area contributed by atoms with Crippen LogP contribution in [0.1, 0.15) is 18.9 Å². The molecule has 0 spiro atoms. The smallest absolute Gasteiger partial charge is 0.239 e. The molecule has 2 heterocycles. The minimum Gasteiger partial charge on any atom is -0.368 e. The number of rotatable bonds is 6. The average molecular weight is 364 g/mol. The van der Waals surface area contributed by atoms with Crippen LogP contribution in [0.5, 0.6) is 0 Å². The molecule has 3 aromatic rings. The van der Waals surface area contributed by atoms with Gasteiger partial charge in [-0.1, -0.05) is 13.0 Å². The molecule has 1 aromatic carbocycles. The number of carbonyl (C=O) groups excluding carboxylic acids is 1. The largest absolute Gasteiger partial charge is 0.368 e. The minimum absolute atomic E-state index is 0.0384. The number of nitrogens with zero attached hydrogens (tertiary/aromatic N) is 3. The van der Waals surface area contributed by atoms with Crippen LogP contribution in [0.2, 0.25) is 0 Å². The molecule has 0 aliphatic carbocycles. The summed E-state index contributed by atoms with van der Waals surface area (Å²) in [5, 5.41) is 15.9.